The Morgan fingerprint density at radius 2 is 1.71 bits per heavy atom. The van der Waals surface area contributed by atoms with Crippen molar-refractivity contribution < 1.29 is 33.4 Å². The van der Waals surface area contributed by atoms with Gasteiger partial charge in [0.05, 0.1) is 27.4 Å². The first-order valence-electron chi connectivity index (χ1n) is 10.3. The molecule has 2 amide bonds. The van der Waals surface area contributed by atoms with E-state index in [0.29, 0.717) is 16.5 Å². The molecule has 34 heavy (non-hydrogen) atoms. The van der Waals surface area contributed by atoms with E-state index >= 15 is 0 Å². The molecular formula is C23H24N2O7S2. The summed E-state index contributed by atoms with van der Waals surface area (Å²) in [5.41, 5.74) is 1.04. The highest BCUT2D eigenvalue weighted by Crippen LogP contribution is 2.35. The zero-order chi connectivity index (χ0) is 24.8. The molecule has 0 N–H and O–H groups in total. The SMILES string of the molecule is COC(=O)C(C(=O)OC)[C@H]1C=CN(C(=O)OC)C=C1C(=O)N1C(=S)SC[C@@H]1Cc1ccccc1. The Kier molecular flexibility index (Phi) is 8.46. The Hall–Kier alpha value is -3.18. The molecule has 11 heteroatoms. The van der Waals surface area contributed by atoms with E-state index < -0.39 is 35.8 Å². The van der Waals surface area contributed by atoms with E-state index in [-0.39, 0.29) is 11.6 Å². The predicted octanol–water partition coefficient (Wildman–Crippen LogP) is 2.52. The number of hydrogen-bond acceptors (Lipinski definition) is 9. The van der Waals surface area contributed by atoms with Gasteiger partial charge in [0.1, 0.15) is 4.32 Å². The minimum atomic E-state index is -1.45. The van der Waals surface area contributed by atoms with Gasteiger partial charge >= 0.3 is 18.0 Å². The average Bonchev–Trinajstić information content (AvgIpc) is 3.23. The first kappa shape index (κ1) is 25.4. The molecule has 2 heterocycles. The van der Waals surface area contributed by atoms with E-state index in [1.807, 2.05) is 30.3 Å². The van der Waals surface area contributed by atoms with Crippen LogP contribution in [0.1, 0.15) is 5.56 Å². The lowest BCUT2D eigenvalue weighted by atomic mass is 9.83. The summed E-state index contributed by atoms with van der Waals surface area (Å²) in [6, 6.07) is 9.41. The van der Waals surface area contributed by atoms with Gasteiger partial charge in [-0.05, 0) is 12.0 Å². The van der Waals surface area contributed by atoms with Crippen molar-refractivity contribution in [3.05, 3.63) is 59.9 Å². The first-order valence-corrected chi connectivity index (χ1v) is 11.7. The number of rotatable bonds is 6. The van der Waals surface area contributed by atoms with E-state index in [4.69, 9.17) is 26.4 Å². The van der Waals surface area contributed by atoms with Crippen LogP contribution in [0.4, 0.5) is 4.79 Å². The van der Waals surface area contributed by atoms with Crippen molar-refractivity contribution in [2.45, 2.75) is 12.5 Å². The molecule has 1 aromatic rings. The van der Waals surface area contributed by atoms with Crippen molar-refractivity contribution in [1.82, 2.24) is 9.80 Å². The summed E-state index contributed by atoms with van der Waals surface area (Å²) in [7, 11) is 3.48. The van der Waals surface area contributed by atoms with Crippen LogP contribution in [0, 0.1) is 11.8 Å². The van der Waals surface area contributed by atoms with Gasteiger partial charge < -0.3 is 14.2 Å². The van der Waals surface area contributed by atoms with Crippen LogP contribution in [0.5, 0.6) is 0 Å². The summed E-state index contributed by atoms with van der Waals surface area (Å²) in [6.07, 6.45) is 3.80. The molecule has 0 bridgehead atoms. The van der Waals surface area contributed by atoms with Crippen LogP contribution in [0.3, 0.4) is 0 Å². The zero-order valence-corrected chi connectivity index (χ0v) is 20.5. The maximum absolute atomic E-state index is 13.8. The number of thiocarbonyl (C=S) groups is 1. The van der Waals surface area contributed by atoms with Crippen LogP contribution in [0.25, 0.3) is 0 Å². The third-order valence-electron chi connectivity index (χ3n) is 5.49. The largest absolute Gasteiger partial charge is 0.468 e. The summed E-state index contributed by atoms with van der Waals surface area (Å²) in [4.78, 5) is 53.5. The van der Waals surface area contributed by atoms with Crippen LogP contribution in [-0.2, 0) is 35.0 Å². The van der Waals surface area contributed by atoms with Gasteiger partial charge in [-0.3, -0.25) is 24.2 Å². The molecule has 9 nitrogen and oxygen atoms in total. The fraction of sp³-hybridized carbons (Fsp3) is 0.348. The van der Waals surface area contributed by atoms with E-state index in [2.05, 4.69) is 0 Å². The first-order chi connectivity index (χ1) is 16.3. The van der Waals surface area contributed by atoms with E-state index in [1.165, 1.54) is 42.2 Å². The highest BCUT2D eigenvalue weighted by Gasteiger charge is 2.45. The molecular weight excluding hydrogens is 480 g/mol. The number of methoxy groups -OCH3 is 3. The van der Waals surface area contributed by atoms with Crippen molar-refractivity contribution in [2.24, 2.45) is 11.8 Å². The Morgan fingerprint density at radius 1 is 1.06 bits per heavy atom. The Balaban J connectivity index is 2.00. The smallest absolute Gasteiger partial charge is 0.417 e. The molecule has 0 spiro atoms. The third kappa shape index (κ3) is 5.31. The standard InChI is InChI=1S/C23H24N2O7S2/c1-30-20(27)18(21(28)31-2)16-9-10-24(22(29)32-3)12-17(16)19(26)25-15(13-34-23(25)33)11-14-7-5-4-6-8-14/h4-10,12,15-16,18H,11,13H2,1-3H3/t15-,16-/m0/s1. The lowest BCUT2D eigenvalue weighted by molar-refractivity contribution is -0.160. The Bertz CT molecular complexity index is 1030. The molecule has 0 saturated carbocycles. The number of carbonyl (C=O) groups is 4. The van der Waals surface area contributed by atoms with Crippen LogP contribution in [-0.4, -0.2) is 71.2 Å². The highest BCUT2D eigenvalue weighted by atomic mass is 32.2. The van der Waals surface area contributed by atoms with Crippen molar-refractivity contribution in [2.75, 3.05) is 27.1 Å². The molecule has 0 aromatic heterocycles. The molecule has 1 saturated heterocycles. The second-order valence-electron chi connectivity index (χ2n) is 7.45. The van der Waals surface area contributed by atoms with Crippen molar-refractivity contribution in [3.63, 3.8) is 0 Å². The normalized spacial score (nSPS) is 19.6. The average molecular weight is 505 g/mol. The van der Waals surface area contributed by atoms with E-state index in [0.717, 1.165) is 24.7 Å². The summed E-state index contributed by atoms with van der Waals surface area (Å²) >= 11 is 6.84. The number of ether oxygens (including phenoxy) is 3. The van der Waals surface area contributed by atoms with Gasteiger partial charge in [-0.15, -0.1) is 0 Å². The van der Waals surface area contributed by atoms with Gasteiger partial charge in [-0.25, -0.2) is 4.79 Å². The quantitative estimate of drug-likeness (QED) is 0.250. The maximum Gasteiger partial charge on any atom is 0.417 e. The molecule has 1 aromatic carbocycles. The number of esters is 2. The molecule has 180 valence electrons. The molecule has 0 aliphatic carbocycles. The fourth-order valence-corrected chi connectivity index (χ4v) is 5.21. The Morgan fingerprint density at radius 3 is 2.29 bits per heavy atom. The van der Waals surface area contributed by atoms with Crippen LogP contribution in [0.2, 0.25) is 0 Å². The number of thioether (sulfide) groups is 1. The predicted molar refractivity (Wildman–Crippen MR) is 128 cm³/mol. The second-order valence-corrected chi connectivity index (χ2v) is 9.10. The number of amides is 2. The Labute approximate surface area is 206 Å². The van der Waals surface area contributed by atoms with Gasteiger partial charge in [0.2, 0.25) is 0 Å². The molecule has 0 unspecified atom stereocenters. The lowest BCUT2D eigenvalue weighted by Gasteiger charge is -2.31. The molecule has 2 aliphatic heterocycles. The zero-order valence-electron chi connectivity index (χ0n) is 18.8. The monoisotopic (exact) mass is 504 g/mol. The molecule has 1 fully saturated rings. The maximum atomic E-state index is 13.8. The van der Waals surface area contributed by atoms with Gasteiger partial charge in [-0.2, -0.15) is 0 Å². The van der Waals surface area contributed by atoms with Crippen LogP contribution < -0.4 is 0 Å². The minimum Gasteiger partial charge on any atom is -0.468 e. The summed E-state index contributed by atoms with van der Waals surface area (Å²) in [6.45, 7) is 0. The lowest BCUT2D eigenvalue weighted by Crippen LogP contribution is -2.45. The van der Waals surface area contributed by atoms with Crippen LogP contribution >= 0.6 is 24.0 Å². The van der Waals surface area contributed by atoms with Crippen molar-refractivity contribution >= 4 is 52.2 Å². The summed E-state index contributed by atoms with van der Waals surface area (Å²) in [5.74, 6) is -4.16. The summed E-state index contributed by atoms with van der Waals surface area (Å²) < 4.78 is 14.7. The van der Waals surface area contributed by atoms with Crippen LogP contribution in [0.15, 0.2) is 54.4 Å². The van der Waals surface area contributed by atoms with Gasteiger partial charge in [0.25, 0.3) is 5.91 Å². The second kappa shape index (κ2) is 11.3. The van der Waals surface area contributed by atoms with Gasteiger partial charge in [0.15, 0.2) is 5.92 Å². The number of allylic oxidation sites excluding steroid dienone is 1. The van der Waals surface area contributed by atoms with Crippen molar-refractivity contribution in [1.29, 1.82) is 0 Å². The summed E-state index contributed by atoms with van der Waals surface area (Å²) in [5, 5.41) is 0. The molecule has 0 radical (unpaired) electrons. The van der Waals surface area contributed by atoms with Crippen molar-refractivity contribution in [3.8, 4) is 0 Å². The fourth-order valence-electron chi connectivity index (χ4n) is 3.80. The van der Waals surface area contributed by atoms with Gasteiger partial charge in [-0.1, -0.05) is 60.4 Å². The minimum absolute atomic E-state index is 0.0108. The number of hydrogen-bond donors (Lipinski definition) is 0. The highest BCUT2D eigenvalue weighted by molar-refractivity contribution is 8.23. The molecule has 3 rings (SSSR count). The number of nitrogens with zero attached hydrogens (tertiary/aromatic N) is 2. The molecule has 2 atom stereocenters. The number of benzene rings is 1. The van der Waals surface area contributed by atoms with Gasteiger partial charge in [0, 0.05) is 29.6 Å². The van der Waals surface area contributed by atoms with E-state index in [1.54, 1.807) is 0 Å². The topological polar surface area (TPSA) is 102 Å². The number of carbonyl (C=O) groups excluding carboxylic acids is 4. The third-order valence-corrected chi connectivity index (χ3v) is 7.03. The molecule has 2 aliphatic rings. The van der Waals surface area contributed by atoms with E-state index in [9.17, 15) is 19.2 Å².